The fourth-order valence-corrected chi connectivity index (χ4v) is 4.31. The fourth-order valence-electron chi connectivity index (χ4n) is 4.13. The summed E-state index contributed by atoms with van der Waals surface area (Å²) in [7, 11) is 0. The number of fused-ring (bicyclic) bond motifs is 1. The third kappa shape index (κ3) is 6.24. The summed E-state index contributed by atoms with van der Waals surface area (Å²) >= 11 is 5.95. The Labute approximate surface area is 199 Å². The molecule has 2 aromatic rings. The van der Waals surface area contributed by atoms with Crippen LogP contribution in [0, 0.1) is 5.92 Å². The van der Waals surface area contributed by atoms with Crippen LogP contribution >= 0.6 is 11.6 Å². The summed E-state index contributed by atoms with van der Waals surface area (Å²) in [5, 5.41) is 17.7. The van der Waals surface area contributed by atoms with E-state index in [1.165, 1.54) is 6.20 Å². The number of carbonyl (C=O) groups excluding carboxylic acids is 1. The maximum atomic E-state index is 12.6. The van der Waals surface area contributed by atoms with Gasteiger partial charge in [-0.05, 0) is 37.0 Å². The van der Waals surface area contributed by atoms with Gasteiger partial charge in [-0.3, -0.25) is 9.48 Å². The van der Waals surface area contributed by atoms with Crippen LogP contribution in [0.4, 0.5) is 13.2 Å². The second-order valence-corrected chi connectivity index (χ2v) is 9.16. The molecule has 184 valence electrons. The van der Waals surface area contributed by atoms with Gasteiger partial charge in [0.15, 0.2) is 11.9 Å². The molecule has 34 heavy (non-hydrogen) atoms. The van der Waals surface area contributed by atoms with E-state index in [2.05, 4.69) is 17.0 Å². The minimum absolute atomic E-state index is 0.0945. The lowest BCUT2D eigenvalue weighted by Crippen LogP contribution is -2.41. The Morgan fingerprint density at radius 2 is 2.12 bits per heavy atom. The standard InChI is InChI=1S/C23H25ClF3N3O4/c1-13(29-22(32)21-9-19(31)18-8-15(24)2-3-20(18)34-21)4-5-30-12-17(11-28-30)33-16-6-14(7-16)10-23(25,26)27/h2-3,8,11-12,14,16,19,21,31H,1,4-7,9-10H2,(H,29,32)/t14-,16+,19-,21-/m1/s1. The van der Waals surface area contributed by atoms with Crippen molar-refractivity contribution < 1.29 is 32.5 Å². The molecule has 1 amide bonds. The molecule has 2 aliphatic rings. The lowest BCUT2D eigenvalue weighted by atomic mass is 9.80. The van der Waals surface area contributed by atoms with Crippen LogP contribution in [0.5, 0.6) is 11.5 Å². The summed E-state index contributed by atoms with van der Waals surface area (Å²) in [4.78, 5) is 12.6. The molecule has 2 N–H and O–H groups in total. The average Bonchev–Trinajstić information content (AvgIpc) is 3.17. The summed E-state index contributed by atoms with van der Waals surface area (Å²) in [6, 6.07) is 4.86. The van der Waals surface area contributed by atoms with E-state index in [4.69, 9.17) is 21.1 Å². The van der Waals surface area contributed by atoms with Gasteiger partial charge in [0.1, 0.15) is 5.75 Å². The van der Waals surface area contributed by atoms with Crippen LogP contribution in [0.2, 0.25) is 5.02 Å². The first-order chi connectivity index (χ1) is 16.1. The molecule has 4 rings (SSSR count). The molecule has 1 aromatic heterocycles. The highest BCUT2D eigenvalue weighted by Gasteiger charge is 2.40. The summed E-state index contributed by atoms with van der Waals surface area (Å²) < 4.78 is 50.2. The van der Waals surface area contributed by atoms with Crippen molar-refractivity contribution in [1.29, 1.82) is 0 Å². The Kier molecular flexibility index (Phi) is 7.09. The summed E-state index contributed by atoms with van der Waals surface area (Å²) in [5.74, 6) is 0.114. The van der Waals surface area contributed by atoms with Gasteiger partial charge in [-0.1, -0.05) is 18.2 Å². The van der Waals surface area contributed by atoms with E-state index in [0.29, 0.717) is 53.6 Å². The molecule has 2 heterocycles. The van der Waals surface area contributed by atoms with Crippen molar-refractivity contribution in [3.8, 4) is 11.5 Å². The first kappa shape index (κ1) is 24.4. The minimum Gasteiger partial charge on any atom is -0.487 e. The Bertz CT molecular complexity index is 1050. The molecule has 1 aromatic carbocycles. The van der Waals surface area contributed by atoms with Gasteiger partial charge in [0.25, 0.3) is 5.91 Å². The number of amides is 1. The lowest BCUT2D eigenvalue weighted by Gasteiger charge is -2.35. The fraction of sp³-hybridized carbons (Fsp3) is 0.478. The Morgan fingerprint density at radius 3 is 2.85 bits per heavy atom. The van der Waals surface area contributed by atoms with E-state index >= 15 is 0 Å². The van der Waals surface area contributed by atoms with E-state index < -0.39 is 30.7 Å². The van der Waals surface area contributed by atoms with Crippen LogP contribution in [0.15, 0.2) is 42.9 Å². The van der Waals surface area contributed by atoms with E-state index in [9.17, 15) is 23.1 Å². The van der Waals surface area contributed by atoms with Gasteiger partial charge in [0.05, 0.1) is 24.6 Å². The zero-order chi connectivity index (χ0) is 24.5. The molecule has 1 fully saturated rings. The van der Waals surface area contributed by atoms with Gasteiger partial charge < -0.3 is 19.9 Å². The number of nitrogens with zero attached hydrogens (tertiary/aromatic N) is 2. The maximum absolute atomic E-state index is 12.6. The van der Waals surface area contributed by atoms with Crippen LogP contribution in [0.1, 0.15) is 43.8 Å². The number of aryl methyl sites for hydroxylation is 1. The lowest BCUT2D eigenvalue weighted by molar-refractivity contribution is -0.156. The van der Waals surface area contributed by atoms with E-state index in [-0.39, 0.29) is 18.4 Å². The largest absolute Gasteiger partial charge is 0.487 e. The number of allylic oxidation sites excluding steroid dienone is 1. The van der Waals surface area contributed by atoms with Crippen LogP contribution in [0.25, 0.3) is 0 Å². The number of alkyl halides is 3. The number of ether oxygens (including phenoxy) is 2. The molecule has 0 saturated heterocycles. The molecular formula is C23H25ClF3N3O4. The second-order valence-electron chi connectivity index (χ2n) is 8.72. The summed E-state index contributed by atoms with van der Waals surface area (Å²) in [5.41, 5.74) is 1.00. The second kappa shape index (κ2) is 9.87. The van der Waals surface area contributed by atoms with Gasteiger partial charge in [-0.2, -0.15) is 18.3 Å². The number of rotatable bonds is 8. The van der Waals surface area contributed by atoms with Gasteiger partial charge in [-0.15, -0.1) is 0 Å². The van der Waals surface area contributed by atoms with E-state index in [1.807, 2.05) is 0 Å². The highest BCUT2D eigenvalue weighted by molar-refractivity contribution is 6.30. The van der Waals surface area contributed by atoms with Crippen LogP contribution < -0.4 is 14.8 Å². The number of halogens is 4. The Hall–Kier alpha value is -2.72. The molecular weight excluding hydrogens is 475 g/mol. The highest BCUT2D eigenvalue weighted by atomic mass is 35.5. The SMILES string of the molecule is C=C(CCn1cc(O[C@H]2C[C@@H](CC(F)(F)F)C2)cn1)NC(=O)[C@H]1C[C@@H](O)c2cc(Cl)ccc2O1. The van der Waals surface area contributed by atoms with Crippen LogP contribution in [-0.2, 0) is 11.3 Å². The van der Waals surface area contributed by atoms with Crippen molar-refractivity contribution >= 4 is 17.5 Å². The zero-order valence-corrected chi connectivity index (χ0v) is 19.0. The molecule has 1 aliphatic carbocycles. The number of hydrogen-bond donors (Lipinski definition) is 2. The van der Waals surface area contributed by atoms with Crippen molar-refractivity contribution in [3.05, 3.63) is 53.5 Å². The molecule has 7 nitrogen and oxygen atoms in total. The number of hydrogen-bond acceptors (Lipinski definition) is 5. The third-order valence-electron chi connectivity index (χ3n) is 5.90. The zero-order valence-electron chi connectivity index (χ0n) is 18.2. The van der Waals surface area contributed by atoms with Gasteiger partial charge in [0, 0.05) is 42.1 Å². The monoisotopic (exact) mass is 499 g/mol. The first-order valence-electron chi connectivity index (χ1n) is 10.9. The van der Waals surface area contributed by atoms with Gasteiger partial charge in [-0.25, -0.2) is 0 Å². The predicted octanol–water partition coefficient (Wildman–Crippen LogP) is 4.55. The van der Waals surface area contributed by atoms with Crippen molar-refractivity contribution in [3.63, 3.8) is 0 Å². The third-order valence-corrected chi connectivity index (χ3v) is 6.13. The molecule has 1 aliphatic heterocycles. The Morgan fingerprint density at radius 1 is 1.35 bits per heavy atom. The number of aliphatic hydroxyl groups is 1. The van der Waals surface area contributed by atoms with Gasteiger partial charge >= 0.3 is 6.18 Å². The van der Waals surface area contributed by atoms with Gasteiger partial charge in [0.2, 0.25) is 0 Å². The highest BCUT2D eigenvalue weighted by Crippen LogP contribution is 2.39. The van der Waals surface area contributed by atoms with Crippen molar-refractivity contribution in [2.75, 3.05) is 0 Å². The molecule has 1 saturated carbocycles. The molecule has 0 bridgehead atoms. The number of aromatic nitrogens is 2. The maximum Gasteiger partial charge on any atom is 0.389 e. The summed E-state index contributed by atoms with van der Waals surface area (Å²) in [6.45, 7) is 4.28. The Balaban J connectivity index is 1.19. The van der Waals surface area contributed by atoms with E-state index in [0.717, 1.165) is 0 Å². The summed E-state index contributed by atoms with van der Waals surface area (Å²) in [6.07, 6.45) is -2.46. The average molecular weight is 500 g/mol. The van der Waals surface area contributed by atoms with Crippen molar-refractivity contribution in [2.45, 2.75) is 63.1 Å². The molecule has 11 heteroatoms. The van der Waals surface area contributed by atoms with Crippen molar-refractivity contribution in [1.82, 2.24) is 15.1 Å². The quantitative estimate of drug-likeness (QED) is 0.556. The number of nitrogens with one attached hydrogen (secondary N) is 1. The first-order valence-corrected chi connectivity index (χ1v) is 11.3. The topological polar surface area (TPSA) is 85.6 Å². The normalized spacial score (nSPS) is 23.9. The van der Waals surface area contributed by atoms with Crippen LogP contribution in [-0.4, -0.2) is 39.2 Å². The van der Waals surface area contributed by atoms with Crippen LogP contribution in [0.3, 0.4) is 0 Å². The number of carbonyl (C=O) groups is 1. The molecule has 2 atom stereocenters. The molecule has 0 radical (unpaired) electrons. The van der Waals surface area contributed by atoms with E-state index in [1.54, 1.807) is 29.1 Å². The molecule has 0 unspecified atom stereocenters. The number of aliphatic hydroxyl groups excluding tert-OH is 1. The minimum atomic E-state index is -4.14. The van der Waals surface area contributed by atoms with Crippen molar-refractivity contribution in [2.24, 2.45) is 5.92 Å². The molecule has 0 spiro atoms. The smallest absolute Gasteiger partial charge is 0.389 e. The predicted molar refractivity (Wildman–Crippen MR) is 117 cm³/mol. The number of benzene rings is 1.